The Hall–Kier alpha value is -3.14. The van der Waals surface area contributed by atoms with E-state index in [0.29, 0.717) is 28.2 Å². The Morgan fingerprint density at radius 3 is 2.47 bits per heavy atom. The number of aryl methyl sites for hydroxylation is 1. The van der Waals surface area contributed by atoms with Crippen LogP contribution in [0.2, 0.25) is 0 Å². The van der Waals surface area contributed by atoms with Crippen molar-refractivity contribution in [3.63, 3.8) is 0 Å². The second-order valence-corrected chi connectivity index (χ2v) is 9.80. The Bertz CT molecular complexity index is 1320. The summed E-state index contributed by atoms with van der Waals surface area (Å²) >= 11 is 0. The van der Waals surface area contributed by atoms with E-state index in [4.69, 9.17) is 0 Å². The van der Waals surface area contributed by atoms with Crippen molar-refractivity contribution in [3.8, 4) is 0 Å². The van der Waals surface area contributed by atoms with E-state index in [0.717, 1.165) is 37.9 Å². The number of rotatable bonds is 4. The van der Waals surface area contributed by atoms with Gasteiger partial charge in [-0.25, -0.2) is 15.0 Å². The molecule has 0 bridgehead atoms. The number of amides is 1. The lowest BCUT2D eigenvalue weighted by Crippen LogP contribution is -2.72. The van der Waals surface area contributed by atoms with E-state index in [1.807, 2.05) is 17.9 Å². The fourth-order valence-electron chi connectivity index (χ4n) is 5.24. The van der Waals surface area contributed by atoms with Gasteiger partial charge in [0.15, 0.2) is 5.65 Å². The van der Waals surface area contributed by atoms with Crippen molar-refractivity contribution in [1.29, 1.82) is 0 Å². The van der Waals surface area contributed by atoms with E-state index < -0.39 is 17.8 Å². The number of fused-ring (bicyclic) bond motifs is 1. The Morgan fingerprint density at radius 1 is 1.14 bits per heavy atom. The van der Waals surface area contributed by atoms with Crippen LogP contribution in [0.25, 0.3) is 11.0 Å². The number of anilines is 2. The molecule has 0 radical (unpaired) electrons. The van der Waals surface area contributed by atoms with Gasteiger partial charge in [-0.2, -0.15) is 13.2 Å². The van der Waals surface area contributed by atoms with E-state index >= 15 is 0 Å². The number of benzene rings is 1. The second kappa shape index (κ2) is 9.06. The maximum absolute atomic E-state index is 13.4. The number of hydrogen-bond donors (Lipinski definition) is 1. The third kappa shape index (κ3) is 4.54. The van der Waals surface area contributed by atoms with Crippen LogP contribution in [0.1, 0.15) is 42.4 Å². The van der Waals surface area contributed by atoms with Gasteiger partial charge < -0.3 is 15.1 Å². The zero-order chi connectivity index (χ0) is 25.1. The van der Waals surface area contributed by atoms with Gasteiger partial charge in [0.2, 0.25) is 5.91 Å². The van der Waals surface area contributed by atoms with Crippen molar-refractivity contribution in [1.82, 2.24) is 19.9 Å². The van der Waals surface area contributed by atoms with E-state index in [-0.39, 0.29) is 29.3 Å². The summed E-state index contributed by atoms with van der Waals surface area (Å²) in [5, 5.41) is 4.01. The molecular weight excluding hydrogens is 493 g/mol. The highest BCUT2D eigenvalue weighted by atomic mass is 35.5. The van der Waals surface area contributed by atoms with Gasteiger partial charge in [-0.1, -0.05) is 12.1 Å². The van der Waals surface area contributed by atoms with Crippen molar-refractivity contribution < 1.29 is 18.0 Å². The van der Waals surface area contributed by atoms with Crippen LogP contribution in [0.4, 0.5) is 24.7 Å². The number of aromatic nitrogens is 3. The first-order valence-electron chi connectivity index (χ1n) is 11.5. The molecule has 1 N–H and O–H groups in total. The first-order chi connectivity index (χ1) is 16.5. The summed E-state index contributed by atoms with van der Waals surface area (Å²) in [6.45, 7) is 9.92. The number of carbonyl (C=O) groups excluding carboxylic acids is 1. The predicted octanol–water partition coefficient (Wildman–Crippen LogP) is 4.92. The highest BCUT2D eigenvalue weighted by Crippen LogP contribution is 2.42. The summed E-state index contributed by atoms with van der Waals surface area (Å²) in [6.07, 6.45) is -2.62. The van der Waals surface area contributed by atoms with Crippen LogP contribution < -0.4 is 10.2 Å². The van der Waals surface area contributed by atoms with Crippen LogP contribution in [-0.4, -0.2) is 51.9 Å². The number of carbonyl (C=O) groups is 1. The zero-order valence-corrected chi connectivity index (χ0v) is 21.3. The molecule has 11 heteroatoms. The van der Waals surface area contributed by atoms with Crippen molar-refractivity contribution in [2.45, 2.75) is 39.9 Å². The van der Waals surface area contributed by atoms with E-state index in [1.54, 1.807) is 26.1 Å². The summed E-state index contributed by atoms with van der Waals surface area (Å²) in [6, 6.07) is 5.79. The van der Waals surface area contributed by atoms with Crippen LogP contribution in [-0.2, 0) is 11.0 Å². The molecule has 2 saturated heterocycles. The Balaban J connectivity index is 0.00000304. The number of halogens is 4. The quantitative estimate of drug-likeness (QED) is 0.526. The van der Waals surface area contributed by atoms with Crippen molar-refractivity contribution >= 4 is 40.9 Å². The van der Waals surface area contributed by atoms with Gasteiger partial charge in [0.05, 0.1) is 28.9 Å². The maximum atomic E-state index is 13.4. The molecule has 1 spiro atoms. The highest BCUT2D eigenvalue weighted by Gasteiger charge is 2.52. The summed E-state index contributed by atoms with van der Waals surface area (Å²) in [4.78, 5) is 29.1. The van der Waals surface area contributed by atoms with E-state index in [9.17, 15) is 18.0 Å². The second-order valence-electron chi connectivity index (χ2n) is 9.80. The number of pyridine rings is 1. The highest BCUT2D eigenvalue weighted by molar-refractivity contribution is 5.89. The monoisotopic (exact) mass is 520 g/mol. The summed E-state index contributed by atoms with van der Waals surface area (Å²) < 4.78 is 40.2. The van der Waals surface area contributed by atoms with Gasteiger partial charge in [-0.3, -0.25) is 4.79 Å². The average molecular weight is 521 g/mol. The minimum absolute atomic E-state index is 0. The normalized spacial score (nSPS) is 17.3. The molecule has 1 aromatic carbocycles. The summed E-state index contributed by atoms with van der Waals surface area (Å²) in [5.74, 6) is 1.16. The number of alkyl halides is 3. The van der Waals surface area contributed by atoms with Crippen molar-refractivity contribution in [2.75, 3.05) is 36.4 Å². The molecule has 1 amide bonds. The Labute approximate surface area is 213 Å². The number of likely N-dealkylation sites (tertiary alicyclic amines) is 1. The standard InChI is InChI=1S/C25H27F3N6O.ClH/c1-14-19(6-5-7-21(14)25(26,27)28)15(2)30-23-20-8-18(9-29-22(20)31-16(3)32-23)34-12-24(13-34)10-33(11-24)17(4)35;/h5-9,15H,10-13H2,1-4H3,(H,29,30,31,32);1H. The molecule has 2 aliphatic heterocycles. The third-order valence-corrected chi connectivity index (χ3v) is 7.07. The topological polar surface area (TPSA) is 74.2 Å². The minimum atomic E-state index is -4.41. The lowest BCUT2D eigenvalue weighted by Gasteiger charge is -2.60. The van der Waals surface area contributed by atoms with Crippen molar-refractivity contribution in [3.05, 3.63) is 53.0 Å². The fraction of sp³-hybridized carbons (Fsp3) is 0.440. The molecule has 1 atom stereocenters. The van der Waals surface area contributed by atoms with Crippen LogP contribution in [0.15, 0.2) is 30.5 Å². The molecule has 7 nitrogen and oxygen atoms in total. The van der Waals surface area contributed by atoms with Crippen molar-refractivity contribution in [2.24, 2.45) is 5.41 Å². The van der Waals surface area contributed by atoms with Gasteiger partial charge in [-0.15, -0.1) is 12.4 Å². The van der Waals surface area contributed by atoms with E-state index in [1.165, 1.54) is 13.0 Å². The largest absolute Gasteiger partial charge is 0.416 e. The molecule has 36 heavy (non-hydrogen) atoms. The van der Waals surface area contributed by atoms with Crippen LogP contribution in [0.3, 0.4) is 0 Å². The maximum Gasteiger partial charge on any atom is 0.416 e. The zero-order valence-electron chi connectivity index (χ0n) is 20.5. The number of nitrogens with one attached hydrogen (secondary N) is 1. The number of nitrogens with zero attached hydrogens (tertiary/aromatic N) is 5. The molecule has 1 unspecified atom stereocenters. The molecule has 0 aliphatic carbocycles. The first kappa shape index (κ1) is 25.9. The first-order valence-corrected chi connectivity index (χ1v) is 11.5. The predicted molar refractivity (Wildman–Crippen MR) is 134 cm³/mol. The van der Waals surface area contributed by atoms with E-state index in [2.05, 4.69) is 25.2 Å². The van der Waals surface area contributed by atoms with Gasteiger partial charge in [0, 0.05) is 38.5 Å². The Kier molecular flexibility index (Phi) is 6.53. The van der Waals surface area contributed by atoms with Crippen LogP contribution in [0, 0.1) is 19.3 Å². The molecule has 4 heterocycles. The molecule has 2 aliphatic rings. The Morgan fingerprint density at radius 2 is 1.83 bits per heavy atom. The van der Waals surface area contributed by atoms with Crippen LogP contribution in [0.5, 0.6) is 0 Å². The molecule has 192 valence electrons. The smallest absolute Gasteiger partial charge is 0.369 e. The summed E-state index contributed by atoms with van der Waals surface area (Å²) in [7, 11) is 0. The SMILES string of the molecule is CC(=O)N1CC2(C1)CN(c1cnc3nc(C)nc(NC(C)c4cccc(C(F)(F)F)c4C)c3c1)C2.Cl. The third-order valence-electron chi connectivity index (χ3n) is 7.07. The lowest BCUT2D eigenvalue weighted by atomic mass is 9.72. The fourth-order valence-corrected chi connectivity index (χ4v) is 5.24. The van der Waals surface area contributed by atoms with Gasteiger partial charge in [-0.05, 0) is 44.0 Å². The molecule has 2 aromatic heterocycles. The minimum Gasteiger partial charge on any atom is -0.369 e. The molecular formula is C25H28ClF3N6O. The van der Waals surface area contributed by atoms with Gasteiger partial charge >= 0.3 is 6.18 Å². The van der Waals surface area contributed by atoms with Crippen LogP contribution >= 0.6 is 12.4 Å². The van der Waals surface area contributed by atoms with Gasteiger partial charge in [0.25, 0.3) is 0 Å². The average Bonchev–Trinajstić information content (AvgIpc) is 2.70. The number of hydrogen-bond acceptors (Lipinski definition) is 6. The van der Waals surface area contributed by atoms with Gasteiger partial charge in [0.1, 0.15) is 11.6 Å². The molecule has 3 aromatic rings. The summed E-state index contributed by atoms with van der Waals surface area (Å²) in [5.41, 5.74) is 1.72. The molecule has 5 rings (SSSR count). The molecule has 2 fully saturated rings. The lowest BCUT2D eigenvalue weighted by molar-refractivity contribution is -0.142. The molecule has 0 saturated carbocycles.